The van der Waals surface area contributed by atoms with E-state index in [0.29, 0.717) is 40.9 Å². The number of nitrogens with one attached hydrogen (secondary N) is 2. The Hall–Kier alpha value is -9.47. The molecule has 5 aromatic rings. The van der Waals surface area contributed by atoms with Crippen LogP contribution in [0.5, 0.6) is 17.2 Å². The van der Waals surface area contributed by atoms with Crippen LogP contribution in [0.15, 0.2) is 136 Å². The van der Waals surface area contributed by atoms with Gasteiger partial charge < -0.3 is 118 Å². The number of likely N-dealkylation sites (tertiary alicyclic amines) is 1. The Morgan fingerprint density at radius 1 is 0.733 bits per heavy atom. The number of esters is 2. The van der Waals surface area contributed by atoms with Crippen LogP contribution in [0.3, 0.4) is 0 Å². The number of amides is 1. The number of fused-ring (bicyclic) bond motifs is 3. The number of carbonyl (C=O) groups is 5. The number of hydrogen-bond donors (Lipinski definition) is 10. The van der Waals surface area contributed by atoms with E-state index in [-0.39, 0.29) is 92.9 Å². The van der Waals surface area contributed by atoms with Crippen molar-refractivity contribution in [3.63, 3.8) is 0 Å². The molecule has 5 aromatic carbocycles. The number of piperidine rings is 1. The highest BCUT2D eigenvalue weighted by molar-refractivity contribution is 6.31. The maximum atomic E-state index is 14.7. The van der Waals surface area contributed by atoms with E-state index in [1.165, 1.54) is 48.4 Å². The molecule has 0 radical (unpaired) electrons. The fourth-order valence-corrected chi connectivity index (χ4v) is 22.0. The number of hydrogen-bond acceptors (Lipinski definition) is 31. The largest absolute Gasteiger partial charge is 0.507 e. The number of cyclic esters (lactones) is 1. The van der Waals surface area contributed by atoms with Crippen molar-refractivity contribution in [2.45, 2.75) is 317 Å². The molecule has 0 saturated carbocycles. The van der Waals surface area contributed by atoms with Crippen LogP contribution in [0.1, 0.15) is 200 Å². The molecule has 27 atom stereocenters. The molecule has 0 unspecified atom stereocenters. The quantitative estimate of drug-likeness (QED) is 0.0244. The van der Waals surface area contributed by atoms with Crippen molar-refractivity contribution in [1.29, 1.82) is 0 Å². The summed E-state index contributed by atoms with van der Waals surface area (Å²) in [6.45, 7) is 40.7. The van der Waals surface area contributed by atoms with Crippen LogP contribution in [-0.2, 0) is 66.5 Å². The number of carbonyl (C=O) groups excluding carboxylic acids is 5. The van der Waals surface area contributed by atoms with Gasteiger partial charge in [0.2, 0.25) is 0 Å². The van der Waals surface area contributed by atoms with Gasteiger partial charge in [0.1, 0.15) is 63.7 Å². The number of phenols is 2. The molecular formula is C111H153Cl2N9O24. The van der Waals surface area contributed by atoms with Crippen LogP contribution in [0.4, 0.5) is 17.1 Å². The minimum Gasteiger partial charge on any atom is -0.507 e. The van der Waals surface area contributed by atoms with Crippen molar-refractivity contribution < 1.29 is 117 Å². The van der Waals surface area contributed by atoms with Gasteiger partial charge in [-0.15, -0.1) is 0 Å². The topological polar surface area (TPSA) is 434 Å². The number of phenolic OH excluding ortho intramolecular Hbond substituents is 2. The summed E-state index contributed by atoms with van der Waals surface area (Å²) < 4.78 is 70.1. The van der Waals surface area contributed by atoms with Gasteiger partial charge in [-0.25, -0.2) is 9.98 Å². The number of aromatic nitrogens is 2. The summed E-state index contributed by atoms with van der Waals surface area (Å²) in [5.41, 5.74) is 2.24. The number of likely N-dealkylation sites (N-methyl/N-ethyl adjacent to an activating group) is 1. The molecule has 9 aliphatic rings. The number of aliphatic hydroxyl groups is 6. The van der Waals surface area contributed by atoms with Crippen LogP contribution < -0.4 is 31.4 Å². The number of nitrogens with zero attached hydrogens (tertiary/aromatic N) is 7. The number of allylic oxidation sites excluding steroid dienone is 2. The predicted molar refractivity (Wildman–Crippen MR) is 557 cm³/mol. The lowest BCUT2D eigenvalue weighted by Crippen LogP contribution is -2.61. The predicted octanol–water partition coefficient (Wildman–Crippen LogP) is 14.7. The Labute approximate surface area is 866 Å². The fraction of sp³-hybridized carbons (Fsp3) is 0.595. The van der Waals surface area contributed by atoms with Gasteiger partial charge >= 0.3 is 17.7 Å². The monoisotopic (exact) mass is 2070 g/mol. The number of ether oxygens (including phenoxy) is 11. The molecule has 1 aliphatic carbocycles. The normalized spacial score (nSPS) is 33.8. The van der Waals surface area contributed by atoms with Crippen LogP contribution in [0.2, 0.25) is 10.0 Å². The van der Waals surface area contributed by atoms with Gasteiger partial charge in [-0.05, 0) is 187 Å². The second-order valence-electron chi connectivity index (χ2n) is 42.7. The summed E-state index contributed by atoms with van der Waals surface area (Å²) in [6, 6.07) is 27.6. The molecule has 4 fully saturated rings. The number of anilines is 3. The molecule has 4 bridgehead atoms. The Morgan fingerprint density at radius 2 is 1.38 bits per heavy atom. The van der Waals surface area contributed by atoms with Gasteiger partial charge in [-0.3, -0.25) is 34.0 Å². The lowest BCUT2D eigenvalue weighted by atomic mass is 9.74. The molecule has 10 N–H and O–H groups in total. The third-order valence-corrected chi connectivity index (χ3v) is 31.0. The third kappa shape index (κ3) is 24.7. The number of aliphatic hydroxyl groups excluding tert-OH is 5. The second-order valence-corrected chi connectivity index (χ2v) is 43.6. The van der Waals surface area contributed by atoms with Gasteiger partial charge in [-0.2, -0.15) is 0 Å². The molecule has 0 aromatic heterocycles. The molecule has 35 heteroatoms. The second kappa shape index (κ2) is 47.4. The van der Waals surface area contributed by atoms with Crippen molar-refractivity contribution in [2.75, 3.05) is 65.7 Å². The van der Waals surface area contributed by atoms with Crippen LogP contribution in [0.25, 0.3) is 38.9 Å². The zero-order valence-corrected chi connectivity index (χ0v) is 90.8. The lowest BCUT2D eigenvalue weighted by molar-refractivity contribution is -0.319. The SMILES string of the molecule is CC(C)N=c1cc2n(-c3ccc(Cl)cc3)c3ccccc3nc-2cc1Nc1ccc(Cl)cc1.CC[C@H]1OC(=O)[C@H](C)[C@@H](O[C@H]2C[C@@](C)(OC)[C@@H](O)[C@H](C)O2)[C@H](C)[C@@H](O[C@@H]2O[C@H](C)C[C@H](N(C)C)[C@H]2O)[C@](C)(OC)C[C@@H](C)C(=O)[C@H](C)[C@@H](O)[C@]1(C)O.CO[C@H]1/C=C/O[C@@]2(C)Oc3c(C)c(O)c4c(O)c(c5c(c4c3C2=O)NC2(CCN(CC(C)C)CC2)N=5)=NC(=O)/C(C)=C\C=C\[C@H](C)[C@H](O)[C@@H](C)[C@@H](O)[C@@H](C)[C@H](OC(C)=O)[C@@H]1C. The van der Waals surface area contributed by atoms with Gasteiger partial charge in [0.25, 0.3) is 11.7 Å². The Bertz CT molecular complexity index is 6090. The Kier molecular flexibility index (Phi) is 37.4. The van der Waals surface area contributed by atoms with E-state index < -0.39 is 185 Å². The zero-order valence-electron chi connectivity index (χ0n) is 89.3. The first-order valence-corrected chi connectivity index (χ1v) is 51.6. The average molecular weight is 2070 g/mol. The number of aromatic hydroxyl groups is 2. The summed E-state index contributed by atoms with van der Waals surface area (Å²) >= 11 is 12.2. The van der Waals surface area contributed by atoms with Crippen molar-refractivity contribution in [1.82, 2.24) is 19.4 Å². The van der Waals surface area contributed by atoms with Crippen LogP contribution >= 0.6 is 23.2 Å². The minimum absolute atomic E-state index is 0.0538. The summed E-state index contributed by atoms with van der Waals surface area (Å²) in [4.78, 5) is 92.8. The maximum Gasteiger partial charge on any atom is 0.312 e. The molecular weight excluding hydrogens is 1910 g/mol. The highest BCUT2D eigenvalue weighted by Gasteiger charge is 2.57. The molecule has 146 heavy (non-hydrogen) atoms. The lowest BCUT2D eigenvalue weighted by Gasteiger charge is -2.50. The van der Waals surface area contributed by atoms with E-state index in [4.69, 9.17) is 90.3 Å². The summed E-state index contributed by atoms with van der Waals surface area (Å²) in [7, 11) is 8.23. The first-order chi connectivity index (χ1) is 68.6. The van der Waals surface area contributed by atoms with Gasteiger partial charge in [0, 0.05) is 166 Å². The van der Waals surface area contributed by atoms with E-state index in [1.54, 1.807) is 114 Å². The number of Topliss-reactive ketones (excluding diaryl/α,β-unsaturated/α-hetero) is 2. The molecule has 8 heterocycles. The Balaban J connectivity index is 0.000000203. The number of ketones is 2. The summed E-state index contributed by atoms with van der Waals surface area (Å²) in [5.74, 6) is -11.0. The number of para-hydroxylation sites is 2. The van der Waals surface area contributed by atoms with Crippen LogP contribution in [-0.4, -0.2) is 271 Å². The zero-order chi connectivity index (χ0) is 107. The van der Waals surface area contributed by atoms with E-state index in [0.717, 1.165) is 64.5 Å². The van der Waals surface area contributed by atoms with Crippen molar-refractivity contribution >= 4 is 91.5 Å². The molecule has 14 rings (SSSR count). The molecule has 1 amide bonds. The highest BCUT2D eigenvalue weighted by Crippen LogP contribution is 2.53. The van der Waals surface area contributed by atoms with E-state index in [1.807, 2.05) is 99.6 Å². The first kappa shape index (κ1) is 115. The average Bonchev–Trinajstić information content (AvgIpc) is 1.53. The Morgan fingerprint density at radius 3 is 1.99 bits per heavy atom. The number of rotatable bonds is 16. The molecule has 1 spiro atoms. The van der Waals surface area contributed by atoms with Crippen molar-refractivity contribution in [3.8, 4) is 34.3 Å². The van der Waals surface area contributed by atoms with Gasteiger partial charge in [-0.1, -0.05) is 123 Å². The van der Waals surface area contributed by atoms with Crippen LogP contribution in [0, 0.1) is 60.2 Å². The van der Waals surface area contributed by atoms with Crippen molar-refractivity contribution in [2.24, 2.45) is 68.2 Å². The number of benzene rings is 6. The number of halogens is 2. The number of methoxy groups -OCH3 is 3. The van der Waals surface area contributed by atoms with Gasteiger partial charge in [0.15, 0.2) is 18.3 Å². The van der Waals surface area contributed by atoms with E-state index >= 15 is 0 Å². The highest BCUT2D eigenvalue weighted by atomic mass is 35.5. The summed E-state index contributed by atoms with van der Waals surface area (Å²) in [6.07, 6.45) is -3.66. The van der Waals surface area contributed by atoms with Crippen molar-refractivity contribution in [3.05, 3.63) is 158 Å². The standard InChI is InChI=1S/C46H62N4O11.C38H69NO13.C27H22Cl2N4/c1-22(2)21-50-18-16-46(17-19-50)48-34-31-32-39(54)28(8)42-33(31)43(56)45(10,61-42)59-20-15-30(58-11)25(5)41(60-29(9)51)27(7)38(53)26(6)37(52)23(3)13-12-14-24(4)44(57)47-36(40(32)55)35(34)49-46;1-15-26-38(10,45)31(42)21(4)28(40)19(2)17-37(9,47-14)33(52-35-29(41)25(39(11)12)16-20(3)48-35)22(5)30(23(6)34(44)50-26)51-27-18-36(8,46-13)32(43)24(7)49-27;1-17(2)30-24-16-27-25(15-23(24)31-20-11-7-18(28)8-12-20)32-22-5-3-4-6-26(22)33(27)21-13-9-19(29)10-14-21/h12-15,20,22-23,25-27,30,37-38,41,48,52-55H,16-19,21H2,1-11H3;19-27,29-33,35,41-43,45H,15-18H2,1-14H3;3-17,31H,1-2H3/b13-12+,20-15+,24-14-,47-36?;;/t23-,25+,26+,27+,30-,37-,38+,41+,45-;19-,20-,21+,22+,23-,24+,25+,26-,27+,29-,30+,31-,32+,33-,35+,36-,37-,38-;/m01./s1. The first-order valence-electron chi connectivity index (χ1n) is 50.9. The smallest absolute Gasteiger partial charge is 0.312 e. The molecule has 800 valence electrons. The van der Waals surface area contributed by atoms with E-state index in [2.05, 4.69) is 71.0 Å². The fourth-order valence-electron chi connectivity index (χ4n) is 21.7. The molecule has 4 saturated heterocycles. The molecule has 33 nitrogen and oxygen atoms in total. The minimum atomic E-state index is -1.96. The molecule has 8 aliphatic heterocycles. The maximum absolute atomic E-state index is 14.7. The summed E-state index contributed by atoms with van der Waals surface area (Å²) in [5, 5.41) is 102. The third-order valence-electron chi connectivity index (χ3n) is 30.5. The van der Waals surface area contributed by atoms with E-state index in [9.17, 15) is 64.8 Å². The van der Waals surface area contributed by atoms with Gasteiger partial charge in [0.05, 0.1) is 122 Å².